The van der Waals surface area contributed by atoms with Gasteiger partial charge >= 0.3 is 0 Å². The molecule has 9 nitrogen and oxygen atoms in total. The first-order valence-electron chi connectivity index (χ1n) is 14.1. The smallest absolute Gasteiger partial charge is 0.157 e. The zero-order chi connectivity index (χ0) is 27.8. The van der Waals surface area contributed by atoms with Crippen molar-refractivity contribution in [2.75, 3.05) is 18.5 Å². The van der Waals surface area contributed by atoms with E-state index in [2.05, 4.69) is 41.0 Å². The molecule has 0 amide bonds. The number of hydrogen-bond donors (Lipinski definition) is 1. The predicted molar refractivity (Wildman–Crippen MR) is 157 cm³/mol. The summed E-state index contributed by atoms with van der Waals surface area (Å²) in [5.74, 6) is 1.21. The number of ketones is 1. The average molecular weight is 548 g/mol. The maximum Gasteiger partial charge on any atom is 0.157 e. The number of aromatic nitrogens is 5. The molecule has 0 aromatic carbocycles. The minimum absolute atomic E-state index is 0.0192. The molecule has 4 rings (SSSR count). The van der Waals surface area contributed by atoms with Crippen molar-refractivity contribution in [3.8, 4) is 17.3 Å². The zero-order valence-corrected chi connectivity index (χ0v) is 24.7. The number of anilines is 1. The van der Waals surface area contributed by atoms with Gasteiger partial charge in [0.1, 0.15) is 18.7 Å². The van der Waals surface area contributed by atoms with Crippen molar-refractivity contribution >= 4 is 30.7 Å². The van der Waals surface area contributed by atoms with Crippen LogP contribution < -0.4 is 5.32 Å². The van der Waals surface area contributed by atoms with Crippen LogP contribution in [0.5, 0.6) is 0 Å². The largest absolute Gasteiger partial charge is 0.365 e. The van der Waals surface area contributed by atoms with E-state index >= 15 is 0 Å². The van der Waals surface area contributed by atoms with E-state index in [0.717, 1.165) is 47.8 Å². The summed E-state index contributed by atoms with van der Waals surface area (Å²) in [6.45, 7) is 10.5. The Bertz CT molecular complexity index is 1330. The van der Waals surface area contributed by atoms with Gasteiger partial charge in [0.2, 0.25) is 0 Å². The van der Waals surface area contributed by atoms with Crippen LogP contribution in [-0.2, 0) is 16.3 Å². The molecule has 0 aliphatic heterocycles. The Balaban J connectivity index is 1.65. The number of nitrogens with zero attached hydrogens (tertiary/aromatic N) is 6. The lowest BCUT2D eigenvalue weighted by Gasteiger charge is -2.21. The van der Waals surface area contributed by atoms with E-state index in [1.807, 2.05) is 40.7 Å². The number of carbonyl (C=O) groups excluding carboxylic acids is 1. The molecule has 1 fully saturated rings. The molecule has 1 unspecified atom stereocenters. The van der Waals surface area contributed by atoms with Crippen molar-refractivity contribution in [2.24, 2.45) is 5.92 Å². The van der Waals surface area contributed by atoms with Crippen molar-refractivity contribution in [1.82, 2.24) is 24.3 Å². The van der Waals surface area contributed by atoms with Gasteiger partial charge in [-0.25, -0.2) is 9.97 Å². The Morgan fingerprint density at radius 1 is 1.31 bits per heavy atom. The summed E-state index contributed by atoms with van der Waals surface area (Å²) in [5.41, 5.74) is 2.45. The van der Waals surface area contributed by atoms with Crippen LogP contribution in [0.1, 0.15) is 51.5 Å². The lowest BCUT2D eigenvalue weighted by Crippen LogP contribution is -2.22. The predicted octanol–water partition coefficient (Wildman–Crippen LogP) is 6.20. The van der Waals surface area contributed by atoms with Crippen molar-refractivity contribution in [3.63, 3.8) is 0 Å². The molecular formula is C29H41N7O2Si. The fraction of sp³-hybridized carbons (Fsp3) is 0.552. The van der Waals surface area contributed by atoms with Crippen LogP contribution in [0.25, 0.3) is 22.3 Å². The van der Waals surface area contributed by atoms with Gasteiger partial charge in [-0.1, -0.05) is 45.5 Å². The van der Waals surface area contributed by atoms with Crippen LogP contribution >= 0.6 is 0 Å². The van der Waals surface area contributed by atoms with Crippen molar-refractivity contribution in [2.45, 2.75) is 83.9 Å². The van der Waals surface area contributed by atoms with Crippen LogP contribution in [0.2, 0.25) is 25.7 Å². The first kappa shape index (κ1) is 28.7. The minimum atomic E-state index is -1.16. The third kappa shape index (κ3) is 7.43. The highest BCUT2D eigenvalue weighted by Gasteiger charge is 2.29. The Morgan fingerprint density at radius 3 is 2.82 bits per heavy atom. The number of nitrogens with one attached hydrogen (secondary N) is 1. The average Bonchev–Trinajstić information content (AvgIpc) is 3.67. The maximum atomic E-state index is 11.7. The Labute approximate surface area is 232 Å². The number of hydrogen-bond acceptors (Lipinski definition) is 7. The van der Waals surface area contributed by atoms with Crippen LogP contribution in [0.4, 0.5) is 5.82 Å². The van der Waals surface area contributed by atoms with E-state index in [1.165, 1.54) is 12.8 Å². The molecule has 0 spiro atoms. The van der Waals surface area contributed by atoms with Gasteiger partial charge in [-0.15, -0.1) is 0 Å². The summed E-state index contributed by atoms with van der Waals surface area (Å²) in [7, 11) is -1.16. The third-order valence-corrected chi connectivity index (χ3v) is 9.10. The molecule has 1 N–H and O–H groups in total. The topological polar surface area (TPSA) is 111 Å². The highest BCUT2D eigenvalue weighted by atomic mass is 28.3. The van der Waals surface area contributed by atoms with Gasteiger partial charge < -0.3 is 14.6 Å². The van der Waals surface area contributed by atoms with Crippen molar-refractivity contribution < 1.29 is 9.53 Å². The fourth-order valence-electron chi connectivity index (χ4n) is 5.10. The first-order valence-corrected chi connectivity index (χ1v) is 17.8. The van der Waals surface area contributed by atoms with E-state index in [4.69, 9.17) is 9.84 Å². The summed E-state index contributed by atoms with van der Waals surface area (Å²) in [4.78, 5) is 21.0. The van der Waals surface area contributed by atoms with Gasteiger partial charge in [0.25, 0.3) is 0 Å². The molecule has 0 radical (unpaired) electrons. The maximum absolute atomic E-state index is 11.7. The number of fused-ring (bicyclic) bond motifs is 1. The standard InChI is InChI=1S/C29H41N7O2Si/c1-5-23(37)11-8-15-31-28-25(19-36(34-28)26(12-14-30)22-9-6-7-10-22)27-24-13-16-35(29(24)33-20-32-27)21-38-17-18-39(2,3)4/h8,11,13,16,19-20,22,26H,5-7,9-10,12,15,17-18,21H2,1-4H3,(H,31,34)/b11-8+. The van der Waals surface area contributed by atoms with E-state index in [9.17, 15) is 10.1 Å². The number of carbonyl (C=O) groups is 1. The van der Waals surface area contributed by atoms with E-state index < -0.39 is 8.07 Å². The van der Waals surface area contributed by atoms with Crippen molar-refractivity contribution in [1.29, 1.82) is 5.26 Å². The SMILES string of the molecule is CCC(=O)/C=C/CNc1nn(C(CC#N)C2CCCC2)cc1-c1ncnc2c1ccn2COCC[Si](C)(C)C. The number of allylic oxidation sites excluding steroid dienone is 1. The minimum Gasteiger partial charge on any atom is -0.365 e. The van der Waals surface area contributed by atoms with E-state index in [1.54, 1.807) is 12.4 Å². The van der Waals surface area contributed by atoms with Gasteiger partial charge in [-0.2, -0.15) is 10.4 Å². The molecule has 1 aliphatic rings. The molecule has 1 atom stereocenters. The van der Waals surface area contributed by atoms with Gasteiger partial charge in [0.05, 0.1) is 29.8 Å². The van der Waals surface area contributed by atoms with Crippen molar-refractivity contribution in [3.05, 3.63) is 36.9 Å². The quantitative estimate of drug-likeness (QED) is 0.145. The summed E-state index contributed by atoms with van der Waals surface area (Å²) in [5, 5.41) is 18.8. The molecule has 208 valence electrons. The molecule has 3 heterocycles. The normalized spacial score (nSPS) is 15.3. The lowest BCUT2D eigenvalue weighted by molar-refractivity contribution is -0.114. The number of ether oxygens (including phenoxy) is 1. The number of nitriles is 1. The van der Waals surface area contributed by atoms with E-state index in [0.29, 0.717) is 37.9 Å². The van der Waals surface area contributed by atoms with Crippen LogP contribution in [-0.4, -0.2) is 51.3 Å². The summed E-state index contributed by atoms with van der Waals surface area (Å²) in [6, 6.07) is 5.54. The molecule has 1 aliphatic carbocycles. The van der Waals surface area contributed by atoms with Gasteiger partial charge in [0, 0.05) is 45.4 Å². The highest BCUT2D eigenvalue weighted by molar-refractivity contribution is 6.76. The van der Waals surface area contributed by atoms with Crippen LogP contribution in [0, 0.1) is 17.2 Å². The summed E-state index contributed by atoms with van der Waals surface area (Å²) in [6.07, 6.45) is 14.5. The third-order valence-electron chi connectivity index (χ3n) is 7.39. The monoisotopic (exact) mass is 547 g/mol. The first-order chi connectivity index (χ1) is 18.8. The molecule has 39 heavy (non-hydrogen) atoms. The molecule has 1 saturated carbocycles. The summed E-state index contributed by atoms with van der Waals surface area (Å²) >= 11 is 0. The Hall–Kier alpha value is -3.29. The van der Waals surface area contributed by atoms with Crippen LogP contribution in [0.3, 0.4) is 0 Å². The summed E-state index contributed by atoms with van der Waals surface area (Å²) < 4.78 is 9.96. The number of rotatable bonds is 14. The van der Waals surface area contributed by atoms with Gasteiger partial charge in [0.15, 0.2) is 11.6 Å². The second-order valence-electron chi connectivity index (χ2n) is 11.5. The Kier molecular flexibility index (Phi) is 9.70. The lowest BCUT2D eigenvalue weighted by atomic mass is 9.96. The van der Waals surface area contributed by atoms with Gasteiger partial charge in [-0.3, -0.25) is 9.48 Å². The molecule has 3 aromatic rings. The second-order valence-corrected chi connectivity index (χ2v) is 17.2. The molecule has 0 bridgehead atoms. The second kappa shape index (κ2) is 13.2. The molecule has 3 aromatic heterocycles. The van der Waals surface area contributed by atoms with Gasteiger partial charge in [-0.05, 0) is 36.9 Å². The van der Waals surface area contributed by atoms with E-state index in [-0.39, 0.29) is 11.8 Å². The molecule has 10 heteroatoms. The fourth-order valence-corrected chi connectivity index (χ4v) is 5.86. The zero-order valence-electron chi connectivity index (χ0n) is 23.7. The molecular weight excluding hydrogens is 506 g/mol. The van der Waals surface area contributed by atoms with Crippen LogP contribution in [0.15, 0.2) is 36.9 Å². The highest BCUT2D eigenvalue weighted by Crippen LogP contribution is 2.38. The Morgan fingerprint density at radius 2 is 2.10 bits per heavy atom. The molecule has 0 saturated heterocycles.